The van der Waals surface area contributed by atoms with Crippen molar-refractivity contribution in [2.24, 2.45) is 11.7 Å². The summed E-state index contributed by atoms with van der Waals surface area (Å²) in [5, 5.41) is 4.55. The lowest BCUT2D eigenvalue weighted by molar-refractivity contribution is 0.533. The largest absolute Gasteiger partial charge is 0.327 e. The molecule has 0 aliphatic heterocycles. The molecule has 2 aromatic rings. The van der Waals surface area contributed by atoms with E-state index in [-0.39, 0.29) is 6.04 Å². The van der Waals surface area contributed by atoms with Crippen molar-refractivity contribution in [2.45, 2.75) is 45.2 Å². The van der Waals surface area contributed by atoms with Crippen LogP contribution in [-0.4, -0.2) is 15.8 Å². The molecule has 0 saturated heterocycles. The van der Waals surface area contributed by atoms with Gasteiger partial charge in [0.1, 0.15) is 0 Å². The summed E-state index contributed by atoms with van der Waals surface area (Å²) in [6, 6.07) is 10.9. The minimum atomic E-state index is 0.202. The lowest BCUT2D eigenvalue weighted by Crippen LogP contribution is -2.27. The summed E-state index contributed by atoms with van der Waals surface area (Å²) in [5.41, 5.74) is 10.2. The SMILES string of the molecule is CCn1nc(C)c(Br)c1CC(N)C1CC1c1ccccc1. The number of hydrogen-bond donors (Lipinski definition) is 1. The van der Waals surface area contributed by atoms with Gasteiger partial charge in [0.15, 0.2) is 0 Å². The van der Waals surface area contributed by atoms with Gasteiger partial charge < -0.3 is 5.73 Å². The van der Waals surface area contributed by atoms with Crippen LogP contribution in [0.4, 0.5) is 0 Å². The van der Waals surface area contributed by atoms with E-state index in [4.69, 9.17) is 5.73 Å². The van der Waals surface area contributed by atoms with Gasteiger partial charge in [-0.3, -0.25) is 4.68 Å². The van der Waals surface area contributed by atoms with Gasteiger partial charge in [-0.2, -0.15) is 5.10 Å². The van der Waals surface area contributed by atoms with Gasteiger partial charge in [0.2, 0.25) is 0 Å². The van der Waals surface area contributed by atoms with E-state index >= 15 is 0 Å². The van der Waals surface area contributed by atoms with E-state index in [1.807, 2.05) is 6.92 Å². The topological polar surface area (TPSA) is 43.8 Å². The summed E-state index contributed by atoms with van der Waals surface area (Å²) in [7, 11) is 0. The van der Waals surface area contributed by atoms with Crippen molar-refractivity contribution in [1.29, 1.82) is 0 Å². The zero-order chi connectivity index (χ0) is 15.0. The summed E-state index contributed by atoms with van der Waals surface area (Å²) >= 11 is 3.66. The first kappa shape index (κ1) is 14.8. The van der Waals surface area contributed by atoms with Crippen LogP contribution < -0.4 is 5.73 Å². The first-order valence-corrected chi connectivity index (χ1v) is 8.43. The maximum Gasteiger partial charge on any atom is 0.0738 e. The zero-order valence-corrected chi connectivity index (χ0v) is 14.2. The minimum Gasteiger partial charge on any atom is -0.327 e. The lowest BCUT2D eigenvalue weighted by atomic mass is 10.0. The molecule has 1 aromatic carbocycles. The fraction of sp³-hybridized carbons (Fsp3) is 0.471. The van der Waals surface area contributed by atoms with Crippen LogP contribution in [0.1, 0.15) is 36.2 Å². The van der Waals surface area contributed by atoms with Gasteiger partial charge in [0.05, 0.1) is 15.9 Å². The van der Waals surface area contributed by atoms with Crippen molar-refractivity contribution < 1.29 is 0 Å². The number of aromatic nitrogens is 2. The second-order valence-corrected chi connectivity index (χ2v) is 6.74. The van der Waals surface area contributed by atoms with Crippen LogP contribution in [0.25, 0.3) is 0 Å². The highest BCUT2D eigenvalue weighted by molar-refractivity contribution is 9.10. The van der Waals surface area contributed by atoms with Crippen molar-refractivity contribution in [3.63, 3.8) is 0 Å². The fourth-order valence-corrected chi connectivity index (χ4v) is 3.66. The highest BCUT2D eigenvalue weighted by atomic mass is 79.9. The molecular weight excluding hydrogens is 326 g/mol. The molecule has 21 heavy (non-hydrogen) atoms. The number of rotatable bonds is 5. The smallest absolute Gasteiger partial charge is 0.0738 e. The minimum absolute atomic E-state index is 0.202. The van der Waals surface area contributed by atoms with Crippen molar-refractivity contribution in [3.05, 3.63) is 51.8 Å². The van der Waals surface area contributed by atoms with Crippen molar-refractivity contribution in [1.82, 2.24) is 9.78 Å². The quantitative estimate of drug-likeness (QED) is 0.896. The molecule has 2 N–H and O–H groups in total. The molecule has 0 radical (unpaired) electrons. The fourth-order valence-electron chi connectivity index (χ4n) is 3.21. The molecule has 0 amide bonds. The van der Waals surface area contributed by atoms with Crippen molar-refractivity contribution >= 4 is 15.9 Å². The molecule has 1 aliphatic carbocycles. The van der Waals surface area contributed by atoms with Gasteiger partial charge in [-0.25, -0.2) is 0 Å². The molecule has 3 unspecified atom stereocenters. The first-order valence-electron chi connectivity index (χ1n) is 7.64. The Labute approximate surface area is 134 Å². The predicted octanol–water partition coefficient (Wildman–Crippen LogP) is 3.65. The predicted molar refractivity (Wildman–Crippen MR) is 89.3 cm³/mol. The van der Waals surface area contributed by atoms with Crippen molar-refractivity contribution in [3.8, 4) is 0 Å². The van der Waals surface area contributed by atoms with Crippen LogP contribution in [0.3, 0.4) is 0 Å². The highest BCUT2D eigenvalue weighted by Crippen LogP contribution is 2.49. The number of aryl methyl sites for hydroxylation is 2. The van der Waals surface area contributed by atoms with Crippen LogP contribution in [-0.2, 0) is 13.0 Å². The molecule has 0 bridgehead atoms. The van der Waals surface area contributed by atoms with E-state index in [9.17, 15) is 0 Å². The zero-order valence-electron chi connectivity index (χ0n) is 12.6. The Morgan fingerprint density at radius 1 is 1.38 bits per heavy atom. The van der Waals surface area contributed by atoms with E-state index in [0.717, 1.165) is 23.1 Å². The number of nitrogens with zero attached hydrogens (tertiary/aromatic N) is 2. The monoisotopic (exact) mass is 347 g/mol. The molecule has 1 heterocycles. The summed E-state index contributed by atoms with van der Waals surface area (Å²) in [4.78, 5) is 0. The van der Waals surface area contributed by atoms with E-state index in [1.165, 1.54) is 17.7 Å². The maximum absolute atomic E-state index is 6.48. The molecule has 1 saturated carbocycles. The second-order valence-electron chi connectivity index (χ2n) is 5.95. The third-order valence-corrected chi connectivity index (χ3v) is 5.53. The number of benzene rings is 1. The third kappa shape index (κ3) is 2.92. The molecule has 3 nitrogen and oxygen atoms in total. The van der Waals surface area contributed by atoms with Gasteiger partial charge in [-0.05, 0) is 53.6 Å². The lowest BCUT2D eigenvalue weighted by Gasteiger charge is -2.13. The Balaban J connectivity index is 1.70. The third-order valence-electron chi connectivity index (χ3n) is 4.50. The average molecular weight is 348 g/mol. The van der Waals surface area contributed by atoms with Crippen LogP contribution >= 0.6 is 15.9 Å². The van der Waals surface area contributed by atoms with Gasteiger partial charge >= 0.3 is 0 Å². The van der Waals surface area contributed by atoms with Crippen LogP contribution in [0, 0.1) is 12.8 Å². The van der Waals surface area contributed by atoms with Crippen LogP contribution in [0.15, 0.2) is 34.8 Å². The number of halogens is 1. The summed E-state index contributed by atoms with van der Waals surface area (Å²) in [6.07, 6.45) is 2.10. The summed E-state index contributed by atoms with van der Waals surface area (Å²) in [6.45, 7) is 5.05. The Morgan fingerprint density at radius 2 is 2.10 bits per heavy atom. The molecule has 1 aliphatic rings. The average Bonchev–Trinajstić information content (AvgIpc) is 3.26. The summed E-state index contributed by atoms with van der Waals surface area (Å²) < 4.78 is 3.19. The molecule has 3 atom stereocenters. The van der Waals surface area contributed by atoms with E-state index < -0.39 is 0 Å². The molecule has 0 spiro atoms. The Bertz CT molecular complexity index is 620. The summed E-state index contributed by atoms with van der Waals surface area (Å²) in [5.74, 6) is 1.24. The molecule has 112 valence electrons. The molecule has 3 rings (SSSR count). The molecule has 1 fully saturated rings. The van der Waals surface area contributed by atoms with E-state index in [2.05, 4.69) is 63.0 Å². The first-order chi connectivity index (χ1) is 10.1. The number of hydrogen-bond acceptors (Lipinski definition) is 2. The number of nitrogens with two attached hydrogens (primary N) is 1. The standard InChI is InChI=1S/C17H22BrN3/c1-3-21-16(17(18)11(2)20-21)10-15(19)14-9-13(14)12-7-5-4-6-8-12/h4-8,13-15H,3,9-10,19H2,1-2H3. The molecule has 1 aromatic heterocycles. The van der Waals surface area contributed by atoms with Gasteiger partial charge in [-0.1, -0.05) is 30.3 Å². The second kappa shape index (κ2) is 5.93. The van der Waals surface area contributed by atoms with Crippen LogP contribution in [0.2, 0.25) is 0 Å². The highest BCUT2D eigenvalue weighted by Gasteiger charge is 2.42. The van der Waals surface area contributed by atoms with Crippen LogP contribution in [0.5, 0.6) is 0 Å². The normalized spacial score (nSPS) is 22.3. The Morgan fingerprint density at radius 3 is 2.76 bits per heavy atom. The Hall–Kier alpha value is -1.13. The van der Waals surface area contributed by atoms with Gasteiger partial charge in [0.25, 0.3) is 0 Å². The van der Waals surface area contributed by atoms with Gasteiger partial charge in [-0.15, -0.1) is 0 Å². The van der Waals surface area contributed by atoms with Gasteiger partial charge in [0, 0.05) is 19.0 Å². The molecule has 4 heteroatoms. The molecular formula is C17H22BrN3. The van der Waals surface area contributed by atoms with E-state index in [0.29, 0.717) is 11.8 Å². The van der Waals surface area contributed by atoms with Crippen molar-refractivity contribution in [2.75, 3.05) is 0 Å². The maximum atomic E-state index is 6.48. The van der Waals surface area contributed by atoms with E-state index in [1.54, 1.807) is 0 Å². The Kier molecular flexibility index (Phi) is 4.18.